The Morgan fingerprint density at radius 2 is 2.06 bits per heavy atom. The van der Waals surface area contributed by atoms with Gasteiger partial charge in [0.1, 0.15) is 5.75 Å². The quantitative estimate of drug-likeness (QED) is 0.280. The Balaban J connectivity index is 1.74. The molecule has 1 aliphatic rings. The number of ether oxygens (including phenoxy) is 2. The second-order valence-corrected chi connectivity index (χ2v) is 8.07. The number of halogens is 2. The molecule has 3 rings (SSSR count). The first-order valence-electron chi connectivity index (χ1n) is 9.84. The summed E-state index contributed by atoms with van der Waals surface area (Å²) >= 11 is 12.3. The first kappa shape index (κ1) is 23.0. The van der Waals surface area contributed by atoms with E-state index >= 15 is 0 Å². The molecular formula is C21H23Cl2N5O3. The third-order valence-electron chi connectivity index (χ3n) is 5.11. The highest BCUT2D eigenvalue weighted by Gasteiger charge is 2.21. The number of carbonyl (C=O) groups is 1. The smallest absolute Gasteiger partial charge is 0.411 e. The summed E-state index contributed by atoms with van der Waals surface area (Å²) in [6.45, 7) is 1.26. The molecule has 0 spiro atoms. The van der Waals surface area contributed by atoms with Gasteiger partial charge in [0, 0.05) is 26.6 Å². The fourth-order valence-corrected chi connectivity index (χ4v) is 4.10. The van der Waals surface area contributed by atoms with Crippen molar-refractivity contribution in [3.8, 4) is 16.9 Å². The van der Waals surface area contributed by atoms with Crippen molar-refractivity contribution in [1.29, 1.82) is 0 Å². The topological polar surface area (TPSA) is 99.6 Å². The molecule has 1 atom stereocenters. The standard InChI is InChI=1S/C21H23Cl2N5O3/c1-28-7-2-3-17(28)6-8-30-21(29)26-20-5-4-18(31-13-25-27-24)12-19(20)14-9-15(22)11-16(23)10-14/h4-5,9-12,17H,2-3,6-8,13H2,1H3,(H,26,29). The molecule has 2 aromatic carbocycles. The Morgan fingerprint density at radius 3 is 2.74 bits per heavy atom. The van der Waals surface area contributed by atoms with Crippen molar-refractivity contribution in [2.75, 3.05) is 32.2 Å². The zero-order valence-electron chi connectivity index (χ0n) is 17.1. The number of amides is 1. The molecule has 164 valence electrons. The van der Waals surface area contributed by atoms with Crippen molar-refractivity contribution < 1.29 is 14.3 Å². The van der Waals surface area contributed by atoms with Crippen molar-refractivity contribution in [2.45, 2.75) is 25.3 Å². The summed E-state index contributed by atoms with van der Waals surface area (Å²) in [6, 6.07) is 10.6. The van der Waals surface area contributed by atoms with Gasteiger partial charge in [0.05, 0.1) is 12.3 Å². The number of likely N-dealkylation sites (tertiary alicyclic amines) is 1. The third kappa shape index (κ3) is 6.67. The van der Waals surface area contributed by atoms with E-state index in [9.17, 15) is 4.79 Å². The minimum atomic E-state index is -0.544. The van der Waals surface area contributed by atoms with E-state index < -0.39 is 6.09 Å². The van der Waals surface area contributed by atoms with Crippen molar-refractivity contribution in [1.82, 2.24) is 4.90 Å². The number of azide groups is 1. The molecule has 1 amide bonds. The molecule has 1 heterocycles. The van der Waals surface area contributed by atoms with E-state index in [2.05, 4.69) is 27.3 Å². The van der Waals surface area contributed by atoms with Crippen LogP contribution in [-0.2, 0) is 4.74 Å². The average molecular weight is 464 g/mol. The van der Waals surface area contributed by atoms with Gasteiger partial charge in [-0.2, -0.15) is 0 Å². The van der Waals surface area contributed by atoms with E-state index in [1.807, 2.05) is 0 Å². The second-order valence-electron chi connectivity index (χ2n) is 7.20. The van der Waals surface area contributed by atoms with E-state index in [4.69, 9.17) is 38.2 Å². The summed E-state index contributed by atoms with van der Waals surface area (Å²) in [5.74, 6) is 0.460. The Kier molecular flexibility index (Phi) is 8.26. The van der Waals surface area contributed by atoms with Gasteiger partial charge in [-0.3, -0.25) is 5.32 Å². The Bertz CT molecular complexity index is 961. The first-order chi connectivity index (χ1) is 15.0. The lowest BCUT2D eigenvalue weighted by molar-refractivity contribution is 0.147. The molecule has 0 aromatic heterocycles. The molecule has 1 saturated heterocycles. The number of anilines is 1. The molecule has 0 bridgehead atoms. The van der Waals surface area contributed by atoms with Gasteiger partial charge in [0.15, 0.2) is 6.73 Å². The SMILES string of the molecule is CN1CCCC1CCOC(=O)Nc1ccc(OCN=[N+]=[N-])cc1-c1cc(Cl)cc(Cl)c1. The Morgan fingerprint density at radius 1 is 1.29 bits per heavy atom. The number of hydrogen-bond acceptors (Lipinski definition) is 5. The van der Waals surface area contributed by atoms with Crippen LogP contribution in [0.5, 0.6) is 5.75 Å². The first-order valence-corrected chi connectivity index (χ1v) is 10.6. The molecule has 0 radical (unpaired) electrons. The molecule has 1 unspecified atom stereocenters. The van der Waals surface area contributed by atoms with Crippen LogP contribution in [-0.4, -0.2) is 44.0 Å². The van der Waals surface area contributed by atoms with Crippen LogP contribution in [0.15, 0.2) is 41.5 Å². The zero-order valence-corrected chi connectivity index (χ0v) is 18.6. The summed E-state index contributed by atoms with van der Waals surface area (Å²) in [5.41, 5.74) is 10.3. The largest absolute Gasteiger partial charge is 0.487 e. The number of nitrogens with zero attached hydrogens (tertiary/aromatic N) is 4. The van der Waals surface area contributed by atoms with Gasteiger partial charge in [-0.15, -0.1) is 0 Å². The maximum atomic E-state index is 12.4. The van der Waals surface area contributed by atoms with Gasteiger partial charge in [-0.25, -0.2) is 4.79 Å². The molecule has 0 saturated carbocycles. The number of carbonyl (C=O) groups excluding carboxylic acids is 1. The van der Waals surface area contributed by atoms with Crippen LogP contribution in [0, 0.1) is 0 Å². The lowest BCUT2D eigenvalue weighted by atomic mass is 10.0. The predicted molar refractivity (Wildman–Crippen MR) is 122 cm³/mol. The number of rotatable bonds is 8. The van der Waals surface area contributed by atoms with Gasteiger partial charge in [-0.1, -0.05) is 28.3 Å². The van der Waals surface area contributed by atoms with Crippen LogP contribution >= 0.6 is 23.2 Å². The molecule has 1 N–H and O–H groups in total. The van der Waals surface area contributed by atoms with Crippen molar-refractivity contribution in [3.63, 3.8) is 0 Å². The van der Waals surface area contributed by atoms with Gasteiger partial charge in [-0.05, 0) is 80.3 Å². The lowest BCUT2D eigenvalue weighted by Gasteiger charge is -2.19. The van der Waals surface area contributed by atoms with Gasteiger partial charge < -0.3 is 14.4 Å². The summed E-state index contributed by atoms with van der Waals surface area (Å²) in [4.78, 5) is 17.3. The van der Waals surface area contributed by atoms with E-state index in [1.54, 1.807) is 36.4 Å². The number of benzene rings is 2. The molecular weight excluding hydrogens is 441 g/mol. The highest BCUT2D eigenvalue weighted by Crippen LogP contribution is 2.35. The van der Waals surface area contributed by atoms with Gasteiger partial charge >= 0.3 is 6.09 Å². The number of hydrogen-bond donors (Lipinski definition) is 1. The molecule has 1 fully saturated rings. The van der Waals surface area contributed by atoms with Crippen molar-refractivity contribution in [3.05, 3.63) is 56.9 Å². The van der Waals surface area contributed by atoms with Crippen LogP contribution in [0.25, 0.3) is 21.6 Å². The fraction of sp³-hybridized carbons (Fsp3) is 0.381. The van der Waals surface area contributed by atoms with Crippen molar-refractivity contribution >= 4 is 35.0 Å². The predicted octanol–water partition coefficient (Wildman–Crippen LogP) is 6.34. The average Bonchev–Trinajstić information content (AvgIpc) is 3.13. The normalized spacial score (nSPS) is 15.9. The minimum Gasteiger partial charge on any atom is -0.487 e. The van der Waals surface area contributed by atoms with Crippen LogP contribution in [0.1, 0.15) is 19.3 Å². The maximum absolute atomic E-state index is 12.4. The third-order valence-corrected chi connectivity index (χ3v) is 5.55. The Hall–Kier alpha value is -2.64. The molecule has 31 heavy (non-hydrogen) atoms. The molecule has 0 aliphatic carbocycles. The second kappa shape index (κ2) is 11.1. The Labute approximate surface area is 190 Å². The van der Waals surface area contributed by atoms with Gasteiger partial charge in [0.2, 0.25) is 0 Å². The highest BCUT2D eigenvalue weighted by atomic mass is 35.5. The van der Waals surface area contributed by atoms with E-state index in [-0.39, 0.29) is 6.73 Å². The van der Waals surface area contributed by atoms with Crippen LogP contribution < -0.4 is 10.1 Å². The number of nitrogens with one attached hydrogen (secondary N) is 1. The van der Waals surface area contributed by atoms with E-state index in [0.29, 0.717) is 45.3 Å². The molecule has 1 aliphatic heterocycles. The minimum absolute atomic E-state index is 0.156. The molecule has 10 heteroatoms. The zero-order chi connectivity index (χ0) is 22.2. The van der Waals surface area contributed by atoms with Gasteiger partial charge in [0.25, 0.3) is 0 Å². The summed E-state index contributed by atoms with van der Waals surface area (Å²) < 4.78 is 10.8. The summed E-state index contributed by atoms with van der Waals surface area (Å²) in [6.07, 6.45) is 2.55. The summed E-state index contributed by atoms with van der Waals surface area (Å²) in [7, 11) is 2.09. The van der Waals surface area contributed by atoms with E-state index in [0.717, 1.165) is 19.4 Å². The van der Waals surface area contributed by atoms with Crippen LogP contribution in [0.3, 0.4) is 0 Å². The van der Waals surface area contributed by atoms with E-state index in [1.165, 1.54) is 6.42 Å². The van der Waals surface area contributed by atoms with Crippen molar-refractivity contribution in [2.24, 2.45) is 5.11 Å². The summed E-state index contributed by atoms with van der Waals surface area (Å²) in [5, 5.41) is 7.06. The van der Waals surface area contributed by atoms with Crippen LogP contribution in [0.4, 0.5) is 10.5 Å². The monoisotopic (exact) mass is 463 g/mol. The molecule has 2 aromatic rings. The highest BCUT2D eigenvalue weighted by molar-refractivity contribution is 6.35. The maximum Gasteiger partial charge on any atom is 0.411 e. The fourth-order valence-electron chi connectivity index (χ4n) is 3.58. The lowest BCUT2D eigenvalue weighted by Crippen LogP contribution is -2.27. The van der Waals surface area contributed by atoms with Crippen LogP contribution in [0.2, 0.25) is 10.0 Å². The molecule has 8 nitrogen and oxygen atoms in total.